The van der Waals surface area contributed by atoms with Gasteiger partial charge in [-0.25, -0.2) is 15.0 Å². The Morgan fingerprint density at radius 3 is 1.07 bits per heavy atom. The molecule has 3 aliphatic heterocycles. The number of anilines is 9. The molecule has 13 rings (SSSR count). The first-order chi connectivity index (χ1) is 52.2. The van der Waals surface area contributed by atoms with Crippen molar-refractivity contribution in [3.63, 3.8) is 0 Å². The van der Waals surface area contributed by atoms with Crippen molar-refractivity contribution in [2.24, 2.45) is 26.4 Å². The molecule has 24 nitrogen and oxygen atoms in total. The summed E-state index contributed by atoms with van der Waals surface area (Å²) in [5.41, 5.74) is 40.0. The molecule has 15 N–H and O–H groups in total. The molecule has 552 valence electrons. The van der Waals surface area contributed by atoms with Gasteiger partial charge in [0.2, 0.25) is 17.7 Å². The van der Waals surface area contributed by atoms with Crippen LogP contribution in [-0.4, -0.2) is 130 Å². The lowest BCUT2D eigenvalue weighted by Gasteiger charge is -2.38. The summed E-state index contributed by atoms with van der Waals surface area (Å²) in [7, 11) is 0. The summed E-state index contributed by atoms with van der Waals surface area (Å²) >= 11 is 0. The molecule has 7 aromatic rings. The van der Waals surface area contributed by atoms with Crippen LogP contribution in [0.4, 0.5) is 68.2 Å². The lowest BCUT2D eigenvalue weighted by Crippen LogP contribution is -2.42. The summed E-state index contributed by atoms with van der Waals surface area (Å²) in [5.74, 6) is -2.38. The number of amides is 6. The van der Waals surface area contributed by atoms with Crippen molar-refractivity contribution in [3.8, 4) is 0 Å². The number of fused-ring (bicyclic) bond motifs is 6. The first kappa shape index (κ1) is 73.3. The van der Waals surface area contributed by atoms with E-state index in [1.54, 1.807) is 0 Å². The standard InChI is InChI=1S/C84H90N18O6/c1-49-31-67-73(40-61(49)85)100(58-19-10-7-11-20-58)76-43-64(52(4)34-70(76)97-67)94-46-79(103)88-25-16-28-91-82(106)55-37-56(83(107)92-29-17-26-89-80(104)47-95-65-44-77-71(35-53(65)5)98-68-32-50(2)62(86)41-74(68)101(77)59-21-12-8-13-22-59)39-57(38-55)84(108)93-30-18-27-90-81(105)48-96-66-45-78-72(36-54(66)6)99-69-33-51(3)63(87)42-75(69)102(78)60-23-14-9-15-24-60/h7-15,19-24,31-45,73-74,78,94-96H,16-18,25-30,46-48,85-87H2,1-6H3,(H,88,103)(H,89,104)(H,90,105)(H,91,106)(H,92,107)(H,93,108). The molecule has 0 saturated heterocycles. The van der Waals surface area contributed by atoms with E-state index in [0.29, 0.717) is 36.3 Å². The van der Waals surface area contributed by atoms with Gasteiger partial charge >= 0.3 is 0 Å². The maximum atomic E-state index is 14.0. The molecule has 6 aliphatic rings. The quantitative estimate of drug-likeness (QED) is 0.0168. The zero-order chi connectivity index (χ0) is 75.7. The Balaban J connectivity index is 0.606. The molecule has 3 unspecified atom stereocenters. The summed E-state index contributed by atoms with van der Waals surface area (Å²) in [6.45, 7) is 13.0. The second-order valence-electron chi connectivity index (χ2n) is 27.6. The van der Waals surface area contributed by atoms with Gasteiger partial charge in [0.25, 0.3) is 17.7 Å². The number of nitrogens with zero attached hydrogens (tertiary/aromatic N) is 6. The topological polar surface area (TPSA) is 336 Å². The first-order valence-electron chi connectivity index (χ1n) is 36.4. The normalized spacial score (nSPS) is 16.4. The van der Waals surface area contributed by atoms with E-state index in [1.165, 1.54) is 18.2 Å². The highest BCUT2D eigenvalue weighted by atomic mass is 16.2. The van der Waals surface area contributed by atoms with Gasteiger partial charge in [-0.2, -0.15) is 0 Å². The van der Waals surface area contributed by atoms with Crippen LogP contribution < -0.4 is 79.8 Å². The third-order valence-electron chi connectivity index (χ3n) is 19.7. The van der Waals surface area contributed by atoms with Crippen LogP contribution in [0, 0.1) is 20.8 Å². The van der Waals surface area contributed by atoms with Crippen molar-refractivity contribution < 1.29 is 28.8 Å². The van der Waals surface area contributed by atoms with Crippen molar-refractivity contribution in [1.29, 1.82) is 0 Å². The number of aliphatic imine (C=N–C) groups is 3. The molecular weight excluding hydrogens is 1360 g/mol. The van der Waals surface area contributed by atoms with Crippen LogP contribution in [0.1, 0.15) is 87.8 Å². The molecular formula is C84H90N18O6. The van der Waals surface area contributed by atoms with Crippen LogP contribution in [0.2, 0.25) is 0 Å². The molecule has 7 aromatic carbocycles. The third kappa shape index (κ3) is 16.6. The van der Waals surface area contributed by atoms with Crippen LogP contribution in [0.5, 0.6) is 0 Å². The smallest absolute Gasteiger partial charge is 0.251 e. The average Bonchev–Trinajstić information content (AvgIpc) is 0.754. The average molecular weight is 1450 g/mol. The lowest BCUT2D eigenvalue weighted by molar-refractivity contribution is -0.120. The number of hydrogen-bond donors (Lipinski definition) is 12. The zero-order valence-corrected chi connectivity index (χ0v) is 61.4. The van der Waals surface area contributed by atoms with Gasteiger partial charge in [0.1, 0.15) is 0 Å². The van der Waals surface area contributed by atoms with Gasteiger partial charge in [0.15, 0.2) is 0 Å². The fourth-order valence-electron chi connectivity index (χ4n) is 13.8. The highest BCUT2D eigenvalue weighted by Gasteiger charge is 2.36. The molecule has 0 radical (unpaired) electrons. The summed E-state index contributed by atoms with van der Waals surface area (Å²) in [4.78, 5) is 104. The van der Waals surface area contributed by atoms with E-state index in [9.17, 15) is 28.8 Å². The summed E-state index contributed by atoms with van der Waals surface area (Å²) in [5, 5.41) is 27.4. The second kappa shape index (κ2) is 32.6. The number of nitrogens with one attached hydrogen (secondary N) is 9. The molecule has 6 amide bonds. The molecule has 108 heavy (non-hydrogen) atoms. The van der Waals surface area contributed by atoms with E-state index in [2.05, 4.69) is 68.6 Å². The van der Waals surface area contributed by atoms with Gasteiger partial charge in [-0.05, 0) is 222 Å². The highest BCUT2D eigenvalue weighted by Crippen LogP contribution is 2.48. The van der Waals surface area contributed by atoms with Crippen molar-refractivity contribution in [2.45, 2.75) is 78.9 Å². The lowest BCUT2D eigenvalue weighted by atomic mass is 9.93. The molecule has 0 bridgehead atoms. The molecule has 24 heteroatoms. The maximum Gasteiger partial charge on any atom is 0.251 e. The number of nitrogens with two attached hydrogens (primary N) is 3. The van der Waals surface area contributed by atoms with Crippen molar-refractivity contribution in [3.05, 3.63) is 249 Å². The van der Waals surface area contributed by atoms with E-state index < -0.39 is 17.7 Å². The SMILES string of the molecule is CC1=CC2=Nc3cc(C)c(NCC(=O)NCCCNC(=O)c4cc(C(=O)NCCCNC(=O)CNC5=CC6C(=Nc7cc(C)c(N)cc7N6c6ccccc6)C=C5C)cc(C(=O)NCCCNC(=O)CNc5cc6c(cc5C)N=C5C=C(C)C(N)=CC5N6c5ccccc5)c4)cc3N(c3ccccc3)C2C=C1N. The minimum absolute atomic E-state index is 0.0114. The fraction of sp³-hybridized carbons (Fsp3) is 0.250. The molecule has 0 spiro atoms. The predicted molar refractivity (Wildman–Crippen MR) is 432 cm³/mol. The van der Waals surface area contributed by atoms with Gasteiger partial charge in [0.05, 0.1) is 89.0 Å². The van der Waals surface area contributed by atoms with Crippen molar-refractivity contribution in [2.75, 3.05) is 90.0 Å². The van der Waals surface area contributed by atoms with Crippen LogP contribution in [0.15, 0.2) is 231 Å². The Kier molecular flexibility index (Phi) is 22.1. The first-order valence-corrected chi connectivity index (χ1v) is 36.4. The molecule has 3 atom stereocenters. The summed E-state index contributed by atoms with van der Waals surface area (Å²) < 4.78 is 0. The number of carbonyl (C=O) groups excluding carboxylic acids is 6. The van der Waals surface area contributed by atoms with Gasteiger partial charge in [-0.3, -0.25) is 28.8 Å². The Hall–Kier alpha value is -13.0. The fourth-order valence-corrected chi connectivity index (χ4v) is 13.8. The van der Waals surface area contributed by atoms with E-state index in [-0.39, 0.29) is 111 Å². The van der Waals surface area contributed by atoms with Gasteiger partial charge in [-0.1, -0.05) is 54.6 Å². The van der Waals surface area contributed by atoms with Gasteiger partial charge in [0, 0.05) is 107 Å². The Morgan fingerprint density at radius 2 is 0.694 bits per heavy atom. The summed E-state index contributed by atoms with van der Waals surface area (Å²) in [6, 6.07) is 45.6. The Morgan fingerprint density at radius 1 is 0.370 bits per heavy atom. The number of benzene rings is 7. The molecule has 0 aromatic heterocycles. The number of nitrogen functional groups attached to an aromatic ring is 1. The Bertz CT molecular complexity index is 4810. The van der Waals surface area contributed by atoms with Crippen molar-refractivity contribution >= 4 is 121 Å². The van der Waals surface area contributed by atoms with Crippen LogP contribution in [0.3, 0.4) is 0 Å². The molecule has 0 saturated carbocycles. The minimum Gasteiger partial charge on any atom is -0.399 e. The largest absolute Gasteiger partial charge is 0.399 e. The summed E-state index contributed by atoms with van der Waals surface area (Å²) in [6.07, 6.45) is 13.3. The van der Waals surface area contributed by atoms with Gasteiger partial charge in [-0.15, -0.1) is 0 Å². The number of carbonyl (C=O) groups is 6. The van der Waals surface area contributed by atoms with E-state index in [1.807, 2.05) is 199 Å². The minimum atomic E-state index is -0.539. The van der Waals surface area contributed by atoms with Crippen LogP contribution in [0.25, 0.3) is 0 Å². The number of allylic oxidation sites excluding steroid dienone is 3. The predicted octanol–water partition coefficient (Wildman–Crippen LogP) is 10.6. The van der Waals surface area contributed by atoms with Gasteiger partial charge < -0.3 is 79.8 Å². The third-order valence-corrected chi connectivity index (χ3v) is 19.7. The van der Waals surface area contributed by atoms with Crippen molar-refractivity contribution in [1.82, 2.24) is 37.2 Å². The number of rotatable bonds is 27. The highest BCUT2D eigenvalue weighted by molar-refractivity contribution is 6.13. The van der Waals surface area contributed by atoms with Crippen LogP contribution in [-0.2, 0) is 14.4 Å². The number of aryl methyl sites for hydroxylation is 3. The maximum absolute atomic E-state index is 14.0. The van der Waals surface area contributed by atoms with E-state index in [4.69, 9.17) is 32.2 Å². The van der Waals surface area contributed by atoms with Crippen LogP contribution >= 0.6 is 0 Å². The zero-order valence-electron chi connectivity index (χ0n) is 61.4. The van der Waals surface area contributed by atoms with E-state index in [0.717, 1.165) is 119 Å². The molecule has 3 heterocycles. The van der Waals surface area contributed by atoms with E-state index >= 15 is 0 Å². The number of para-hydroxylation sites is 3. The molecule has 3 aliphatic carbocycles. The molecule has 0 fully saturated rings. The monoisotopic (exact) mass is 1450 g/mol. The Labute approximate surface area is 628 Å². The second-order valence-corrected chi connectivity index (χ2v) is 27.6. The number of hydrogen-bond acceptors (Lipinski definition) is 18.